The molecule has 0 bridgehead atoms. The normalized spacial score (nSPS) is 11.5. The second-order valence-corrected chi connectivity index (χ2v) is 6.54. The quantitative estimate of drug-likeness (QED) is 0.372. The first-order chi connectivity index (χ1) is 12.0. The summed E-state index contributed by atoms with van der Waals surface area (Å²) in [7, 11) is 3.47. The van der Waals surface area contributed by atoms with Crippen molar-refractivity contribution in [3.63, 3.8) is 0 Å². The predicted molar refractivity (Wildman–Crippen MR) is 119 cm³/mol. The van der Waals surface area contributed by atoms with Crippen molar-refractivity contribution in [3.05, 3.63) is 59.9 Å². The lowest BCUT2D eigenvalue weighted by Gasteiger charge is -2.27. The zero-order chi connectivity index (χ0) is 18.1. The first-order valence-electron chi connectivity index (χ1n) is 8.54. The number of halogens is 1. The van der Waals surface area contributed by atoms with Crippen molar-refractivity contribution >= 4 is 29.9 Å². The van der Waals surface area contributed by atoms with E-state index in [-0.39, 0.29) is 29.4 Å². The fourth-order valence-corrected chi connectivity index (χ4v) is 2.52. The Balaban J connectivity index is 0.00000338. The average molecular weight is 468 g/mol. The fourth-order valence-electron chi connectivity index (χ4n) is 2.52. The van der Waals surface area contributed by atoms with Gasteiger partial charge < -0.3 is 15.4 Å². The van der Waals surface area contributed by atoms with Gasteiger partial charge in [0.15, 0.2) is 5.96 Å². The van der Waals surface area contributed by atoms with E-state index in [4.69, 9.17) is 4.74 Å². The lowest BCUT2D eigenvalue weighted by molar-refractivity contribution is 0.414. The molecule has 1 heterocycles. The molecule has 0 aliphatic heterocycles. The van der Waals surface area contributed by atoms with Crippen molar-refractivity contribution in [2.75, 3.05) is 27.2 Å². The second kappa shape index (κ2) is 11.0. The molecule has 0 saturated carbocycles. The van der Waals surface area contributed by atoms with Gasteiger partial charge >= 0.3 is 0 Å². The third-order valence-electron chi connectivity index (χ3n) is 4.19. The van der Waals surface area contributed by atoms with E-state index in [1.807, 2.05) is 36.5 Å². The average Bonchev–Trinajstić information content (AvgIpc) is 2.65. The van der Waals surface area contributed by atoms with Crippen LogP contribution in [0.1, 0.15) is 25.1 Å². The van der Waals surface area contributed by atoms with Gasteiger partial charge in [-0.2, -0.15) is 0 Å². The maximum atomic E-state index is 5.23. The largest absolute Gasteiger partial charge is 0.497 e. The summed E-state index contributed by atoms with van der Waals surface area (Å²) in [6, 6.07) is 14.2. The lowest BCUT2D eigenvalue weighted by atomic mass is 9.84. The Morgan fingerprint density at radius 1 is 1.12 bits per heavy atom. The molecule has 0 atom stereocenters. The molecule has 5 nitrogen and oxygen atoms in total. The first kappa shape index (κ1) is 22.2. The predicted octanol–water partition coefficient (Wildman–Crippen LogP) is 3.39. The first-order valence-corrected chi connectivity index (χ1v) is 8.54. The Bertz CT molecular complexity index is 672. The Kier molecular flexibility index (Phi) is 9.40. The molecule has 0 fully saturated rings. The molecule has 2 N–H and O–H groups in total. The second-order valence-electron chi connectivity index (χ2n) is 6.54. The van der Waals surface area contributed by atoms with Crippen LogP contribution in [0.5, 0.6) is 5.75 Å². The summed E-state index contributed by atoms with van der Waals surface area (Å²) >= 11 is 0. The van der Waals surface area contributed by atoms with E-state index in [1.54, 1.807) is 14.2 Å². The van der Waals surface area contributed by atoms with Crippen LogP contribution in [0.3, 0.4) is 0 Å². The molecule has 0 aliphatic rings. The van der Waals surface area contributed by atoms with Gasteiger partial charge in [0.2, 0.25) is 0 Å². The van der Waals surface area contributed by atoms with E-state index >= 15 is 0 Å². The summed E-state index contributed by atoms with van der Waals surface area (Å²) in [6.07, 6.45) is 2.68. The Morgan fingerprint density at radius 2 is 1.85 bits per heavy atom. The van der Waals surface area contributed by atoms with Crippen LogP contribution in [0.15, 0.2) is 53.7 Å². The van der Waals surface area contributed by atoms with Crippen molar-refractivity contribution in [2.45, 2.75) is 25.7 Å². The number of aliphatic imine (C=N–C) groups is 1. The molecule has 0 radical (unpaired) electrons. The van der Waals surface area contributed by atoms with E-state index in [2.05, 4.69) is 46.6 Å². The van der Waals surface area contributed by atoms with Crippen LogP contribution >= 0.6 is 24.0 Å². The van der Waals surface area contributed by atoms with E-state index in [0.29, 0.717) is 0 Å². The lowest BCUT2D eigenvalue weighted by Crippen LogP contribution is -2.44. The van der Waals surface area contributed by atoms with E-state index in [9.17, 15) is 0 Å². The molecule has 0 aliphatic carbocycles. The maximum Gasteiger partial charge on any atom is 0.191 e. The number of ether oxygens (including phenoxy) is 1. The van der Waals surface area contributed by atoms with Gasteiger partial charge in [0, 0.05) is 43.9 Å². The Morgan fingerprint density at radius 3 is 2.42 bits per heavy atom. The zero-order valence-electron chi connectivity index (χ0n) is 16.0. The molecule has 2 aromatic rings. The van der Waals surface area contributed by atoms with Gasteiger partial charge in [-0.1, -0.05) is 32.0 Å². The SMILES string of the molecule is CN=C(NCCc1ccccn1)NCC(C)(C)c1ccc(OC)cc1.I. The van der Waals surface area contributed by atoms with Crippen molar-refractivity contribution in [1.29, 1.82) is 0 Å². The smallest absolute Gasteiger partial charge is 0.191 e. The van der Waals surface area contributed by atoms with Gasteiger partial charge in [0.1, 0.15) is 5.75 Å². The summed E-state index contributed by atoms with van der Waals surface area (Å²) in [6.45, 7) is 5.99. The van der Waals surface area contributed by atoms with Crippen molar-refractivity contribution in [2.24, 2.45) is 4.99 Å². The molecule has 0 unspecified atom stereocenters. The molecule has 1 aromatic heterocycles. The molecule has 142 valence electrons. The number of benzene rings is 1. The number of guanidine groups is 1. The Labute approximate surface area is 173 Å². The number of hydrogen-bond acceptors (Lipinski definition) is 3. The number of hydrogen-bond donors (Lipinski definition) is 2. The molecule has 26 heavy (non-hydrogen) atoms. The van der Waals surface area contributed by atoms with Crippen LogP contribution in [0, 0.1) is 0 Å². The molecular weight excluding hydrogens is 439 g/mol. The third kappa shape index (κ3) is 6.82. The van der Waals surface area contributed by atoms with Gasteiger partial charge in [-0.25, -0.2) is 0 Å². The van der Waals surface area contributed by atoms with Crippen LogP contribution in [-0.4, -0.2) is 38.2 Å². The summed E-state index contributed by atoms with van der Waals surface area (Å²) in [4.78, 5) is 8.63. The number of rotatable bonds is 7. The summed E-state index contributed by atoms with van der Waals surface area (Å²) in [5, 5.41) is 6.75. The zero-order valence-corrected chi connectivity index (χ0v) is 18.3. The van der Waals surface area contributed by atoms with Crippen molar-refractivity contribution in [3.8, 4) is 5.75 Å². The maximum absolute atomic E-state index is 5.23. The Hall–Kier alpha value is -1.83. The monoisotopic (exact) mass is 468 g/mol. The summed E-state index contributed by atoms with van der Waals surface area (Å²) < 4.78 is 5.23. The van der Waals surface area contributed by atoms with Gasteiger partial charge in [0.25, 0.3) is 0 Å². The minimum Gasteiger partial charge on any atom is -0.497 e. The molecule has 2 rings (SSSR count). The number of nitrogens with zero attached hydrogens (tertiary/aromatic N) is 2. The van der Waals surface area contributed by atoms with Crippen LogP contribution in [0.25, 0.3) is 0 Å². The number of pyridine rings is 1. The van der Waals surface area contributed by atoms with Crippen molar-refractivity contribution in [1.82, 2.24) is 15.6 Å². The number of nitrogens with one attached hydrogen (secondary N) is 2. The molecular formula is C20H29IN4O. The highest BCUT2D eigenvalue weighted by molar-refractivity contribution is 14.0. The van der Waals surface area contributed by atoms with Crippen LogP contribution in [-0.2, 0) is 11.8 Å². The standard InChI is InChI=1S/C20H28N4O.HI/c1-20(2,16-8-10-18(25-4)11-9-16)15-24-19(21-3)23-14-12-17-7-5-6-13-22-17;/h5-11,13H,12,14-15H2,1-4H3,(H2,21,23,24);1H. The van der Waals surface area contributed by atoms with Crippen molar-refractivity contribution < 1.29 is 4.74 Å². The van der Waals surface area contributed by atoms with Gasteiger partial charge in [0.05, 0.1) is 7.11 Å². The van der Waals surface area contributed by atoms with Crippen LogP contribution < -0.4 is 15.4 Å². The molecule has 0 amide bonds. The highest BCUT2D eigenvalue weighted by Gasteiger charge is 2.21. The van der Waals surface area contributed by atoms with E-state index < -0.39 is 0 Å². The minimum absolute atomic E-state index is 0. The van der Waals surface area contributed by atoms with Crippen LogP contribution in [0.2, 0.25) is 0 Å². The van der Waals surface area contributed by atoms with Gasteiger partial charge in [-0.05, 0) is 29.8 Å². The minimum atomic E-state index is -0.0229. The summed E-state index contributed by atoms with van der Waals surface area (Å²) in [5.41, 5.74) is 2.30. The van der Waals surface area contributed by atoms with E-state index in [1.165, 1.54) is 5.56 Å². The van der Waals surface area contributed by atoms with E-state index in [0.717, 1.165) is 36.9 Å². The highest BCUT2D eigenvalue weighted by Crippen LogP contribution is 2.24. The van der Waals surface area contributed by atoms with Crippen LogP contribution in [0.4, 0.5) is 0 Å². The third-order valence-corrected chi connectivity index (χ3v) is 4.19. The number of methoxy groups -OCH3 is 1. The molecule has 0 spiro atoms. The highest BCUT2D eigenvalue weighted by atomic mass is 127. The molecule has 6 heteroatoms. The number of aromatic nitrogens is 1. The van der Waals surface area contributed by atoms with Gasteiger partial charge in [-0.15, -0.1) is 24.0 Å². The molecule has 1 aromatic carbocycles. The topological polar surface area (TPSA) is 58.5 Å². The van der Waals surface area contributed by atoms with Gasteiger partial charge in [-0.3, -0.25) is 9.98 Å². The molecule has 0 saturated heterocycles. The fraction of sp³-hybridized carbons (Fsp3) is 0.400. The summed E-state index contributed by atoms with van der Waals surface area (Å²) in [5.74, 6) is 1.68.